The average molecular weight is 278 g/mol. The second kappa shape index (κ2) is 6.19. The molecule has 0 atom stereocenters. The van der Waals surface area contributed by atoms with E-state index in [-0.39, 0.29) is 0 Å². The van der Waals surface area contributed by atoms with Crippen molar-refractivity contribution in [1.29, 1.82) is 0 Å². The molecule has 0 saturated heterocycles. The summed E-state index contributed by atoms with van der Waals surface area (Å²) in [5.74, 6) is 0. The molecule has 2 N–H and O–H groups in total. The van der Waals surface area contributed by atoms with Crippen LogP contribution < -0.4 is 5.73 Å². The lowest BCUT2D eigenvalue weighted by Crippen LogP contribution is -2.01. The fourth-order valence-corrected chi connectivity index (χ4v) is 2.92. The monoisotopic (exact) mass is 277 g/mol. The summed E-state index contributed by atoms with van der Waals surface area (Å²) < 4.78 is 0. The van der Waals surface area contributed by atoms with Crippen molar-refractivity contribution in [2.45, 2.75) is 13.3 Å². The molecule has 1 aromatic carbocycles. The van der Waals surface area contributed by atoms with Crippen LogP contribution in [0.4, 0.5) is 0 Å². The van der Waals surface area contributed by atoms with Gasteiger partial charge in [-0.1, -0.05) is 36.2 Å². The molecule has 2 aromatic rings. The average Bonchev–Trinajstić information content (AvgIpc) is 2.84. The topological polar surface area (TPSA) is 26.0 Å². The van der Waals surface area contributed by atoms with Gasteiger partial charge in [-0.25, -0.2) is 0 Å². The molecular weight excluding hydrogens is 262 g/mol. The first-order valence-corrected chi connectivity index (χ1v) is 7.17. The Morgan fingerprint density at radius 2 is 2.17 bits per heavy atom. The largest absolute Gasteiger partial charge is 0.327 e. The molecule has 0 saturated carbocycles. The van der Waals surface area contributed by atoms with Crippen LogP contribution in [0.2, 0.25) is 5.02 Å². The molecule has 0 fully saturated rings. The van der Waals surface area contributed by atoms with Gasteiger partial charge >= 0.3 is 0 Å². The molecule has 0 aliphatic heterocycles. The highest BCUT2D eigenvalue weighted by Crippen LogP contribution is 2.30. The third-order valence-electron chi connectivity index (χ3n) is 2.80. The molecule has 0 aliphatic carbocycles. The molecule has 2 rings (SSSR count). The van der Waals surface area contributed by atoms with Gasteiger partial charge < -0.3 is 5.73 Å². The number of nitrogens with two attached hydrogens (primary N) is 1. The van der Waals surface area contributed by atoms with Crippen LogP contribution in [-0.4, -0.2) is 6.54 Å². The molecule has 0 spiro atoms. The van der Waals surface area contributed by atoms with Crippen molar-refractivity contribution in [2.24, 2.45) is 5.73 Å². The van der Waals surface area contributed by atoms with Gasteiger partial charge in [-0.3, -0.25) is 0 Å². The normalized spacial score (nSPS) is 11.8. The highest BCUT2D eigenvalue weighted by atomic mass is 35.5. The van der Waals surface area contributed by atoms with Gasteiger partial charge in [0.25, 0.3) is 0 Å². The molecule has 0 aliphatic rings. The van der Waals surface area contributed by atoms with Crippen molar-refractivity contribution in [3.63, 3.8) is 0 Å². The van der Waals surface area contributed by atoms with Gasteiger partial charge in [-0.05, 0) is 42.3 Å². The summed E-state index contributed by atoms with van der Waals surface area (Å²) in [6.07, 6.45) is 3.18. The van der Waals surface area contributed by atoms with Gasteiger partial charge in [-0.2, -0.15) is 0 Å². The second-order valence-electron chi connectivity index (χ2n) is 4.07. The van der Waals surface area contributed by atoms with Gasteiger partial charge in [0.05, 0.1) is 0 Å². The minimum absolute atomic E-state index is 0.626. The Morgan fingerprint density at radius 3 is 2.83 bits per heavy atom. The van der Waals surface area contributed by atoms with Gasteiger partial charge in [0, 0.05) is 21.3 Å². The third kappa shape index (κ3) is 3.22. The van der Waals surface area contributed by atoms with E-state index in [4.69, 9.17) is 17.3 Å². The van der Waals surface area contributed by atoms with E-state index in [0.29, 0.717) is 6.54 Å². The van der Waals surface area contributed by atoms with Crippen molar-refractivity contribution in [2.75, 3.05) is 6.54 Å². The van der Waals surface area contributed by atoms with E-state index in [1.165, 1.54) is 15.3 Å². The minimum Gasteiger partial charge on any atom is -0.327 e. The number of halogens is 1. The number of hydrogen-bond acceptors (Lipinski definition) is 2. The Hall–Kier alpha value is -1.09. The molecule has 1 aromatic heterocycles. The van der Waals surface area contributed by atoms with Crippen molar-refractivity contribution >= 4 is 29.0 Å². The molecule has 0 radical (unpaired) electrons. The summed E-state index contributed by atoms with van der Waals surface area (Å²) >= 11 is 7.77. The van der Waals surface area contributed by atoms with Crippen LogP contribution in [0.15, 0.2) is 42.0 Å². The maximum absolute atomic E-state index is 6.01. The van der Waals surface area contributed by atoms with Gasteiger partial charge in [0.2, 0.25) is 0 Å². The Labute approximate surface area is 117 Å². The van der Waals surface area contributed by atoms with Crippen LogP contribution in [0, 0.1) is 0 Å². The fourth-order valence-electron chi connectivity index (χ4n) is 1.73. The molecule has 1 nitrogen and oxygen atoms in total. The first kappa shape index (κ1) is 13.3. The Balaban J connectivity index is 2.28. The number of thiophene rings is 1. The van der Waals surface area contributed by atoms with Crippen molar-refractivity contribution in [3.8, 4) is 10.4 Å². The van der Waals surface area contributed by atoms with E-state index >= 15 is 0 Å². The second-order valence-corrected chi connectivity index (χ2v) is 5.62. The smallest absolute Gasteiger partial charge is 0.0412 e. The summed E-state index contributed by atoms with van der Waals surface area (Å²) in [4.78, 5) is 2.48. The van der Waals surface area contributed by atoms with Crippen molar-refractivity contribution in [3.05, 3.63) is 51.9 Å². The van der Waals surface area contributed by atoms with Crippen LogP contribution in [0.5, 0.6) is 0 Å². The molecule has 0 bridgehead atoms. The van der Waals surface area contributed by atoms with Crippen LogP contribution in [0.1, 0.15) is 18.2 Å². The van der Waals surface area contributed by atoms with Crippen LogP contribution in [0.3, 0.4) is 0 Å². The Bertz CT molecular complexity index is 551. The first-order chi connectivity index (χ1) is 8.72. The quantitative estimate of drug-likeness (QED) is 0.852. The summed E-state index contributed by atoms with van der Waals surface area (Å²) in [5, 5.41) is 0.772. The van der Waals surface area contributed by atoms with Crippen LogP contribution in [-0.2, 0) is 0 Å². The fraction of sp³-hybridized carbons (Fsp3) is 0.200. The lowest BCUT2D eigenvalue weighted by Gasteiger charge is -1.98. The van der Waals surface area contributed by atoms with E-state index in [0.717, 1.165) is 17.0 Å². The zero-order valence-electron chi connectivity index (χ0n) is 10.3. The number of rotatable bonds is 4. The molecule has 0 unspecified atom stereocenters. The third-order valence-corrected chi connectivity index (χ3v) is 4.12. The van der Waals surface area contributed by atoms with Gasteiger partial charge in [0.1, 0.15) is 0 Å². The highest BCUT2D eigenvalue weighted by Gasteiger charge is 2.02. The number of benzene rings is 1. The summed E-state index contributed by atoms with van der Waals surface area (Å²) in [5.41, 5.74) is 8.13. The van der Waals surface area contributed by atoms with Gasteiger partial charge in [0.15, 0.2) is 0 Å². The van der Waals surface area contributed by atoms with Crippen molar-refractivity contribution < 1.29 is 0 Å². The molecule has 0 amide bonds. The zero-order chi connectivity index (χ0) is 13.0. The molecule has 1 heterocycles. The Morgan fingerprint density at radius 1 is 1.33 bits per heavy atom. The van der Waals surface area contributed by atoms with Crippen molar-refractivity contribution in [1.82, 2.24) is 0 Å². The maximum atomic E-state index is 6.01. The Kier molecular flexibility index (Phi) is 4.59. The van der Waals surface area contributed by atoms with E-state index < -0.39 is 0 Å². The van der Waals surface area contributed by atoms with E-state index in [9.17, 15) is 0 Å². The lowest BCUT2D eigenvalue weighted by molar-refractivity contribution is 1.02. The maximum Gasteiger partial charge on any atom is 0.0412 e. The summed E-state index contributed by atoms with van der Waals surface area (Å²) in [6.45, 7) is 2.76. The molecular formula is C15H16ClNS. The van der Waals surface area contributed by atoms with Gasteiger partial charge in [-0.15, -0.1) is 11.3 Å². The SMILES string of the molecule is CCC(=Cc1ccc(-c2cccc(Cl)c2)s1)CN. The first-order valence-electron chi connectivity index (χ1n) is 5.98. The zero-order valence-corrected chi connectivity index (χ0v) is 11.9. The highest BCUT2D eigenvalue weighted by molar-refractivity contribution is 7.16. The standard InChI is InChI=1S/C15H16ClNS/c1-2-11(10-17)8-14-6-7-15(18-14)12-4-3-5-13(16)9-12/h3-9H,2,10,17H2,1H3. The molecule has 3 heteroatoms. The molecule has 18 heavy (non-hydrogen) atoms. The molecule has 94 valence electrons. The number of hydrogen-bond donors (Lipinski definition) is 1. The van der Waals surface area contributed by atoms with E-state index in [1.54, 1.807) is 11.3 Å². The van der Waals surface area contributed by atoms with E-state index in [2.05, 4.69) is 31.2 Å². The van der Waals surface area contributed by atoms with Crippen LogP contribution in [0.25, 0.3) is 16.5 Å². The predicted octanol–water partition coefficient (Wildman–Crippen LogP) is 4.82. The van der Waals surface area contributed by atoms with E-state index in [1.807, 2.05) is 18.2 Å². The minimum atomic E-state index is 0.626. The summed E-state index contributed by atoms with van der Waals surface area (Å²) in [7, 11) is 0. The van der Waals surface area contributed by atoms with Crippen LogP contribution >= 0.6 is 22.9 Å². The lowest BCUT2D eigenvalue weighted by atomic mass is 10.2. The predicted molar refractivity (Wildman–Crippen MR) is 82.1 cm³/mol. The summed E-state index contributed by atoms with van der Waals surface area (Å²) in [6, 6.07) is 12.2.